The molecule has 0 fully saturated rings. The van der Waals surface area contributed by atoms with Crippen molar-refractivity contribution in [1.29, 1.82) is 0 Å². The zero-order valence-electron chi connectivity index (χ0n) is 10.5. The molecule has 2 aromatic rings. The van der Waals surface area contributed by atoms with Crippen LogP contribution in [0.3, 0.4) is 0 Å². The number of nitrogens with one attached hydrogen (secondary N) is 1. The number of carboxylic acids is 1. The summed E-state index contributed by atoms with van der Waals surface area (Å²) >= 11 is 12.3. The molecule has 0 amide bonds. The van der Waals surface area contributed by atoms with Crippen molar-refractivity contribution in [3.05, 3.63) is 55.4 Å². The van der Waals surface area contributed by atoms with Gasteiger partial charge in [0, 0.05) is 12.2 Å². The van der Waals surface area contributed by atoms with Crippen LogP contribution in [0.15, 0.2) is 39.3 Å². The Morgan fingerprint density at radius 1 is 1.19 bits per heavy atom. The van der Waals surface area contributed by atoms with E-state index in [1.54, 1.807) is 18.2 Å². The topological polar surface area (TPSA) is 69.6 Å². The molecule has 0 aromatic heterocycles. The number of aromatic carboxylic acids is 1. The maximum Gasteiger partial charge on any atom is 0.337 e. The van der Waals surface area contributed by atoms with Gasteiger partial charge < -0.3 is 15.5 Å². The standard InChI is InChI=1S/C14H10Br2ClNO3/c15-10-3-7(4-11(16)13(10)19)6-18-8-1-2-12(17)9(5-8)14(20)21/h1-5,18-19H,6H2,(H,20,21). The third kappa shape index (κ3) is 3.90. The van der Waals surface area contributed by atoms with Crippen LogP contribution in [0.2, 0.25) is 5.02 Å². The predicted molar refractivity (Wildman–Crippen MR) is 89.2 cm³/mol. The molecule has 3 N–H and O–H groups in total. The summed E-state index contributed by atoms with van der Waals surface area (Å²) in [6.07, 6.45) is 0. The zero-order chi connectivity index (χ0) is 15.6. The van der Waals surface area contributed by atoms with Crippen LogP contribution in [0, 0.1) is 0 Å². The second-order valence-corrected chi connectivity index (χ2v) is 6.38. The number of hydrogen-bond acceptors (Lipinski definition) is 3. The highest BCUT2D eigenvalue weighted by Crippen LogP contribution is 2.33. The van der Waals surface area contributed by atoms with Gasteiger partial charge in [-0.25, -0.2) is 4.79 Å². The number of aromatic hydroxyl groups is 1. The van der Waals surface area contributed by atoms with E-state index in [0.717, 1.165) is 5.56 Å². The molecule has 0 aliphatic rings. The number of hydrogen-bond donors (Lipinski definition) is 3. The molecule has 4 nitrogen and oxygen atoms in total. The van der Waals surface area contributed by atoms with Crippen molar-refractivity contribution in [3.63, 3.8) is 0 Å². The molecule has 21 heavy (non-hydrogen) atoms. The van der Waals surface area contributed by atoms with Gasteiger partial charge in [0.1, 0.15) is 5.75 Å². The minimum atomic E-state index is -1.07. The quantitative estimate of drug-likeness (QED) is 0.640. The lowest BCUT2D eigenvalue weighted by Gasteiger charge is -2.10. The predicted octanol–water partition coefficient (Wildman–Crippen LogP) is 4.88. The van der Waals surface area contributed by atoms with Crippen molar-refractivity contribution < 1.29 is 15.0 Å². The number of anilines is 1. The van der Waals surface area contributed by atoms with Crippen molar-refractivity contribution >= 4 is 55.1 Å². The summed E-state index contributed by atoms with van der Waals surface area (Å²) in [7, 11) is 0. The Morgan fingerprint density at radius 3 is 2.38 bits per heavy atom. The van der Waals surface area contributed by atoms with E-state index in [2.05, 4.69) is 37.2 Å². The molecule has 0 aliphatic heterocycles. The highest BCUT2D eigenvalue weighted by molar-refractivity contribution is 9.11. The van der Waals surface area contributed by atoms with Crippen molar-refractivity contribution in [3.8, 4) is 5.75 Å². The number of benzene rings is 2. The summed E-state index contributed by atoms with van der Waals surface area (Å²) < 4.78 is 1.16. The second kappa shape index (κ2) is 6.68. The molecule has 2 rings (SSSR count). The molecule has 2 aromatic carbocycles. The van der Waals surface area contributed by atoms with Crippen LogP contribution in [0.5, 0.6) is 5.75 Å². The van der Waals surface area contributed by atoms with Crippen molar-refractivity contribution in [2.24, 2.45) is 0 Å². The van der Waals surface area contributed by atoms with Crippen LogP contribution in [0.4, 0.5) is 5.69 Å². The number of carbonyl (C=O) groups is 1. The Labute approximate surface area is 143 Å². The summed E-state index contributed by atoms with van der Waals surface area (Å²) in [6, 6.07) is 8.28. The largest absolute Gasteiger partial charge is 0.506 e. The van der Waals surface area contributed by atoms with E-state index in [9.17, 15) is 9.90 Å². The van der Waals surface area contributed by atoms with E-state index in [1.807, 2.05) is 0 Å². The number of carboxylic acid groups (broad SMARTS) is 1. The minimum absolute atomic E-state index is 0.0507. The van der Waals surface area contributed by atoms with Gasteiger partial charge in [-0.1, -0.05) is 11.6 Å². The third-order valence-corrected chi connectivity index (χ3v) is 4.31. The molecule has 0 aliphatic carbocycles. The van der Waals surface area contributed by atoms with Crippen molar-refractivity contribution in [1.82, 2.24) is 0 Å². The van der Waals surface area contributed by atoms with Gasteiger partial charge in [-0.2, -0.15) is 0 Å². The summed E-state index contributed by atoms with van der Waals surface area (Å²) in [4.78, 5) is 11.0. The molecule has 7 heteroatoms. The smallest absolute Gasteiger partial charge is 0.337 e. The van der Waals surface area contributed by atoms with Crippen molar-refractivity contribution in [2.45, 2.75) is 6.54 Å². The Kier molecular flexibility index (Phi) is 5.13. The van der Waals surface area contributed by atoms with Crippen LogP contribution >= 0.6 is 43.5 Å². The van der Waals surface area contributed by atoms with E-state index >= 15 is 0 Å². The molecule has 0 atom stereocenters. The second-order valence-electron chi connectivity index (χ2n) is 4.26. The summed E-state index contributed by atoms with van der Waals surface area (Å²) in [5.41, 5.74) is 1.62. The molecule has 0 saturated heterocycles. The van der Waals surface area contributed by atoms with Crippen LogP contribution in [-0.2, 0) is 6.54 Å². The van der Waals surface area contributed by atoms with Crippen molar-refractivity contribution in [2.75, 3.05) is 5.32 Å². The van der Waals surface area contributed by atoms with E-state index < -0.39 is 5.97 Å². The van der Waals surface area contributed by atoms with Gasteiger partial charge in [0.2, 0.25) is 0 Å². The van der Waals surface area contributed by atoms with Gasteiger partial charge in [-0.15, -0.1) is 0 Å². The average molecular weight is 435 g/mol. The fourth-order valence-corrected chi connectivity index (χ4v) is 3.20. The number of phenolic OH excluding ortho intramolecular Hbond substituents is 1. The normalized spacial score (nSPS) is 10.4. The van der Waals surface area contributed by atoms with Gasteiger partial charge >= 0.3 is 5.97 Å². The molecule has 0 radical (unpaired) electrons. The number of phenols is 1. The first-order valence-corrected chi connectivity index (χ1v) is 7.78. The van der Waals surface area contributed by atoms with Gasteiger partial charge in [-0.05, 0) is 67.8 Å². The van der Waals surface area contributed by atoms with E-state index in [0.29, 0.717) is 21.2 Å². The SMILES string of the molecule is O=C(O)c1cc(NCc2cc(Br)c(O)c(Br)c2)ccc1Cl. The lowest BCUT2D eigenvalue weighted by molar-refractivity contribution is 0.0697. The fourth-order valence-electron chi connectivity index (χ4n) is 1.72. The number of rotatable bonds is 4. The lowest BCUT2D eigenvalue weighted by Crippen LogP contribution is -2.03. The summed E-state index contributed by atoms with van der Waals surface area (Å²) in [6.45, 7) is 0.470. The van der Waals surface area contributed by atoms with Gasteiger partial charge in [0.15, 0.2) is 0 Å². The maximum atomic E-state index is 11.0. The van der Waals surface area contributed by atoms with Crippen LogP contribution in [0.25, 0.3) is 0 Å². The molecular weight excluding hydrogens is 425 g/mol. The third-order valence-electron chi connectivity index (χ3n) is 2.77. The minimum Gasteiger partial charge on any atom is -0.506 e. The highest BCUT2D eigenvalue weighted by Gasteiger charge is 2.10. The Hall–Kier alpha value is -1.24. The fraction of sp³-hybridized carbons (Fsp3) is 0.0714. The lowest BCUT2D eigenvalue weighted by atomic mass is 10.2. The summed E-state index contributed by atoms with van der Waals surface area (Å²) in [5.74, 6) is -0.933. The van der Waals surface area contributed by atoms with Crippen LogP contribution in [-0.4, -0.2) is 16.2 Å². The number of halogens is 3. The molecule has 0 bridgehead atoms. The first-order chi connectivity index (χ1) is 9.88. The first-order valence-electron chi connectivity index (χ1n) is 5.82. The van der Waals surface area contributed by atoms with E-state index in [4.69, 9.17) is 16.7 Å². The van der Waals surface area contributed by atoms with Gasteiger partial charge in [-0.3, -0.25) is 0 Å². The Morgan fingerprint density at radius 2 is 1.81 bits per heavy atom. The van der Waals surface area contributed by atoms with Crippen LogP contribution < -0.4 is 5.32 Å². The Balaban J connectivity index is 2.17. The highest BCUT2D eigenvalue weighted by atomic mass is 79.9. The molecule has 110 valence electrons. The molecule has 0 spiro atoms. The molecular formula is C14H10Br2ClNO3. The first kappa shape index (κ1) is 16.1. The van der Waals surface area contributed by atoms with Gasteiger partial charge in [0.05, 0.1) is 19.5 Å². The summed E-state index contributed by atoms with van der Waals surface area (Å²) in [5, 5.41) is 22.0. The molecule has 0 unspecified atom stereocenters. The Bertz CT molecular complexity index is 684. The van der Waals surface area contributed by atoms with E-state index in [1.165, 1.54) is 12.1 Å². The zero-order valence-corrected chi connectivity index (χ0v) is 14.5. The average Bonchev–Trinajstić information content (AvgIpc) is 2.43. The molecule has 0 saturated carbocycles. The maximum absolute atomic E-state index is 11.0. The van der Waals surface area contributed by atoms with Crippen LogP contribution in [0.1, 0.15) is 15.9 Å². The molecule has 0 heterocycles. The monoisotopic (exact) mass is 433 g/mol. The van der Waals surface area contributed by atoms with Gasteiger partial charge in [0.25, 0.3) is 0 Å². The van der Waals surface area contributed by atoms with E-state index in [-0.39, 0.29) is 16.3 Å².